The standard InChI is InChI=1S/C13H17NO4/c1-17-10-3-2-8-4-11(18-12(8)6-10)9(7-14)5-13(15)16/h2-3,6,9,11H,4-5,7,14H2,1H3,(H,15,16). The quantitative estimate of drug-likeness (QED) is 0.817. The molecule has 0 amide bonds. The third kappa shape index (κ3) is 2.56. The fourth-order valence-electron chi connectivity index (χ4n) is 2.22. The Labute approximate surface area is 106 Å². The molecule has 1 aliphatic heterocycles. The molecule has 98 valence electrons. The van der Waals surface area contributed by atoms with Gasteiger partial charge in [-0.15, -0.1) is 0 Å². The van der Waals surface area contributed by atoms with E-state index < -0.39 is 5.97 Å². The van der Waals surface area contributed by atoms with Crippen LogP contribution >= 0.6 is 0 Å². The van der Waals surface area contributed by atoms with Crippen LogP contribution in [0.25, 0.3) is 0 Å². The first-order valence-corrected chi connectivity index (χ1v) is 5.89. The van der Waals surface area contributed by atoms with Crippen LogP contribution in [0.5, 0.6) is 11.5 Å². The molecule has 1 aromatic rings. The van der Waals surface area contributed by atoms with Crippen molar-refractivity contribution in [2.45, 2.75) is 18.9 Å². The van der Waals surface area contributed by atoms with Gasteiger partial charge in [0.25, 0.3) is 0 Å². The molecule has 18 heavy (non-hydrogen) atoms. The van der Waals surface area contributed by atoms with Crippen molar-refractivity contribution in [1.82, 2.24) is 0 Å². The number of nitrogens with two attached hydrogens (primary N) is 1. The van der Waals surface area contributed by atoms with Crippen LogP contribution in [0.4, 0.5) is 0 Å². The number of hydrogen-bond acceptors (Lipinski definition) is 4. The average molecular weight is 251 g/mol. The molecule has 0 fully saturated rings. The molecule has 0 aliphatic carbocycles. The van der Waals surface area contributed by atoms with E-state index in [-0.39, 0.29) is 18.4 Å². The SMILES string of the molecule is COc1ccc2c(c1)OC(C(CN)CC(=O)O)C2. The van der Waals surface area contributed by atoms with E-state index >= 15 is 0 Å². The third-order valence-corrected chi connectivity index (χ3v) is 3.24. The van der Waals surface area contributed by atoms with E-state index in [4.69, 9.17) is 20.3 Å². The second kappa shape index (κ2) is 5.27. The summed E-state index contributed by atoms with van der Waals surface area (Å²) in [5.41, 5.74) is 6.70. The summed E-state index contributed by atoms with van der Waals surface area (Å²) in [7, 11) is 1.60. The summed E-state index contributed by atoms with van der Waals surface area (Å²) < 4.78 is 10.9. The minimum atomic E-state index is -0.845. The van der Waals surface area contributed by atoms with Gasteiger partial charge in [0.2, 0.25) is 0 Å². The van der Waals surface area contributed by atoms with Crippen LogP contribution < -0.4 is 15.2 Å². The van der Waals surface area contributed by atoms with Crippen molar-refractivity contribution in [2.24, 2.45) is 11.7 Å². The highest BCUT2D eigenvalue weighted by Crippen LogP contribution is 2.35. The van der Waals surface area contributed by atoms with E-state index in [9.17, 15) is 4.79 Å². The highest BCUT2D eigenvalue weighted by molar-refractivity contribution is 5.67. The van der Waals surface area contributed by atoms with Crippen molar-refractivity contribution in [3.8, 4) is 11.5 Å². The maximum atomic E-state index is 10.8. The molecule has 2 atom stereocenters. The van der Waals surface area contributed by atoms with Gasteiger partial charge >= 0.3 is 5.97 Å². The lowest BCUT2D eigenvalue weighted by atomic mass is 9.95. The first-order valence-electron chi connectivity index (χ1n) is 5.89. The van der Waals surface area contributed by atoms with Crippen molar-refractivity contribution in [3.05, 3.63) is 23.8 Å². The Morgan fingerprint density at radius 1 is 1.67 bits per heavy atom. The number of carboxylic acids is 1. The maximum absolute atomic E-state index is 10.8. The molecular weight excluding hydrogens is 234 g/mol. The zero-order chi connectivity index (χ0) is 13.1. The number of carboxylic acid groups (broad SMARTS) is 1. The van der Waals surface area contributed by atoms with Crippen LogP contribution in [0.2, 0.25) is 0 Å². The fourth-order valence-corrected chi connectivity index (χ4v) is 2.22. The number of methoxy groups -OCH3 is 1. The average Bonchev–Trinajstić information content (AvgIpc) is 2.77. The van der Waals surface area contributed by atoms with E-state index in [0.29, 0.717) is 13.0 Å². The predicted molar refractivity (Wildman–Crippen MR) is 65.9 cm³/mol. The predicted octanol–water partition coefficient (Wildman–Crippen LogP) is 1.05. The lowest BCUT2D eigenvalue weighted by Gasteiger charge is -2.19. The summed E-state index contributed by atoms with van der Waals surface area (Å²) in [5, 5.41) is 8.84. The van der Waals surface area contributed by atoms with Gasteiger partial charge in [-0.3, -0.25) is 4.79 Å². The number of hydrogen-bond donors (Lipinski definition) is 2. The Balaban J connectivity index is 2.10. The number of ether oxygens (including phenoxy) is 2. The molecule has 1 heterocycles. The molecule has 5 heteroatoms. The monoisotopic (exact) mass is 251 g/mol. The van der Waals surface area contributed by atoms with E-state index in [1.807, 2.05) is 18.2 Å². The molecule has 0 aromatic heterocycles. The molecule has 0 spiro atoms. The second-order valence-electron chi connectivity index (χ2n) is 4.43. The molecule has 0 saturated heterocycles. The highest BCUT2D eigenvalue weighted by atomic mass is 16.5. The zero-order valence-corrected chi connectivity index (χ0v) is 10.3. The van der Waals surface area contributed by atoms with Crippen molar-refractivity contribution in [2.75, 3.05) is 13.7 Å². The number of aliphatic carboxylic acids is 1. The van der Waals surface area contributed by atoms with Gasteiger partial charge in [-0.05, 0) is 18.2 Å². The molecule has 2 unspecified atom stereocenters. The summed E-state index contributed by atoms with van der Waals surface area (Å²) in [6.07, 6.45) is 0.578. The first-order chi connectivity index (χ1) is 8.63. The zero-order valence-electron chi connectivity index (χ0n) is 10.3. The minimum absolute atomic E-state index is 0.0340. The van der Waals surface area contributed by atoms with Crippen LogP contribution in [-0.4, -0.2) is 30.8 Å². The Morgan fingerprint density at radius 3 is 3.06 bits per heavy atom. The molecule has 5 nitrogen and oxygen atoms in total. The smallest absolute Gasteiger partial charge is 0.303 e. The minimum Gasteiger partial charge on any atom is -0.497 e. The van der Waals surface area contributed by atoms with Crippen LogP contribution in [0.3, 0.4) is 0 Å². The van der Waals surface area contributed by atoms with E-state index in [1.165, 1.54) is 0 Å². The Kier molecular flexibility index (Phi) is 3.72. The summed E-state index contributed by atoms with van der Waals surface area (Å²) in [4.78, 5) is 10.8. The maximum Gasteiger partial charge on any atom is 0.303 e. The molecule has 0 saturated carbocycles. The lowest BCUT2D eigenvalue weighted by Crippen LogP contribution is -2.33. The lowest BCUT2D eigenvalue weighted by molar-refractivity contribution is -0.138. The molecular formula is C13H17NO4. The summed E-state index contributed by atoms with van der Waals surface area (Å²) in [6.45, 7) is 0.308. The first kappa shape index (κ1) is 12.7. The van der Waals surface area contributed by atoms with Gasteiger partial charge in [-0.25, -0.2) is 0 Å². The Bertz CT molecular complexity index is 447. The van der Waals surface area contributed by atoms with Crippen molar-refractivity contribution < 1.29 is 19.4 Å². The summed E-state index contributed by atoms with van der Waals surface area (Å²) in [5.74, 6) is 0.489. The van der Waals surface area contributed by atoms with Crippen LogP contribution in [0.1, 0.15) is 12.0 Å². The molecule has 0 radical (unpaired) electrons. The normalized spacial score (nSPS) is 18.9. The van der Waals surface area contributed by atoms with E-state index in [1.54, 1.807) is 7.11 Å². The van der Waals surface area contributed by atoms with Crippen molar-refractivity contribution in [1.29, 1.82) is 0 Å². The van der Waals surface area contributed by atoms with Crippen molar-refractivity contribution in [3.63, 3.8) is 0 Å². The second-order valence-corrected chi connectivity index (χ2v) is 4.43. The number of carbonyl (C=O) groups is 1. The molecule has 1 aliphatic rings. The van der Waals surface area contributed by atoms with Gasteiger partial charge in [-0.2, -0.15) is 0 Å². The Hall–Kier alpha value is -1.75. The van der Waals surface area contributed by atoms with E-state index in [0.717, 1.165) is 17.1 Å². The highest BCUT2D eigenvalue weighted by Gasteiger charge is 2.31. The fraction of sp³-hybridized carbons (Fsp3) is 0.462. The van der Waals surface area contributed by atoms with Gasteiger partial charge in [0.15, 0.2) is 0 Å². The summed E-state index contributed by atoms with van der Waals surface area (Å²) >= 11 is 0. The van der Waals surface area contributed by atoms with Crippen molar-refractivity contribution >= 4 is 5.97 Å². The number of benzene rings is 1. The number of rotatable bonds is 5. The van der Waals surface area contributed by atoms with Crippen LogP contribution in [-0.2, 0) is 11.2 Å². The van der Waals surface area contributed by atoms with Gasteiger partial charge in [0.05, 0.1) is 13.5 Å². The largest absolute Gasteiger partial charge is 0.497 e. The topological polar surface area (TPSA) is 81.8 Å². The van der Waals surface area contributed by atoms with Crippen LogP contribution in [0, 0.1) is 5.92 Å². The Morgan fingerprint density at radius 2 is 2.44 bits per heavy atom. The van der Waals surface area contributed by atoms with Gasteiger partial charge in [0, 0.05) is 18.4 Å². The van der Waals surface area contributed by atoms with E-state index in [2.05, 4.69) is 0 Å². The number of fused-ring (bicyclic) bond motifs is 1. The third-order valence-electron chi connectivity index (χ3n) is 3.24. The van der Waals surface area contributed by atoms with Crippen LogP contribution in [0.15, 0.2) is 18.2 Å². The summed E-state index contributed by atoms with van der Waals surface area (Å²) in [6, 6.07) is 5.64. The van der Waals surface area contributed by atoms with Gasteiger partial charge < -0.3 is 20.3 Å². The molecule has 3 N–H and O–H groups in total. The molecule has 2 rings (SSSR count). The molecule has 1 aromatic carbocycles. The van der Waals surface area contributed by atoms with Gasteiger partial charge in [0.1, 0.15) is 17.6 Å². The molecule has 0 bridgehead atoms. The van der Waals surface area contributed by atoms with Gasteiger partial charge in [-0.1, -0.05) is 6.07 Å².